The van der Waals surface area contributed by atoms with Crippen molar-refractivity contribution in [1.29, 1.82) is 0 Å². The quantitative estimate of drug-likeness (QED) is 0.749. The zero-order valence-electron chi connectivity index (χ0n) is 14.1. The molecule has 1 heterocycles. The minimum absolute atomic E-state index is 0.0728. The first-order valence-corrected chi connectivity index (χ1v) is 8.46. The zero-order chi connectivity index (χ0) is 17.6. The van der Waals surface area contributed by atoms with E-state index in [0.717, 1.165) is 32.7 Å². The van der Waals surface area contributed by atoms with E-state index in [1.165, 1.54) is 11.8 Å². The minimum atomic E-state index is -1.13. The number of nitrogens with one attached hydrogen (secondary N) is 1. The Balaban J connectivity index is 1.48. The first-order valence-electron chi connectivity index (χ1n) is 8.46. The lowest BCUT2D eigenvalue weighted by molar-refractivity contribution is 0.0695. The summed E-state index contributed by atoms with van der Waals surface area (Å²) in [5.41, 5.74) is 1.64. The highest BCUT2D eigenvalue weighted by Gasteiger charge is 2.18. The largest absolute Gasteiger partial charge is 0.507 e. The Morgan fingerprint density at radius 2 is 1.72 bits per heavy atom. The van der Waals surface area contributed by atoms with E-state index in [4.69, 9.17) is 0 Å². The van der Waals surface area contributed by atoms with Crippen molar-refractivity contribution < 1.29 is 15.0 Å². The molecule has 0 unspecified atom stereocenters. The molecule has 0 spiro atoms. The van der Waals surface area contributed by atoms with Crippen LogP contribution in [0.2, 0.25) is 0 Å². The highest BCUT2D eigenvalue weighted by atomic mass is 16.4. The summed E-state index contributed by atoms with van der Waals surface area (Å²) in [4.78, 5) is 16.0. The molecule has 2 aromatic rings. The molecule has 0 aliphatic carbocycles. The molecule has 3 N–H and O–H groups in total. The maximum atomic E-state index is 11.3. The Labute approximate surface area is 147 Å². The highest BCUT2D eigenvalue weighted by molar-refractivity contribution is 5.97. The summed E-state index contributed by atoms with van der Waals surface area (Å²) in [6.07, 6.45) is 0. The summed E-state index contributed by atoms with van der Waals surface area (Å²) < 4.78 is 0. The molecule has 3 rings (SSSR count). The number of piperazine rings is 1. The maximum Gasteiger partial charge on any atom is 0.341 e. The lowest BCUT2D eigenvalue weighted by Crippen LogP contribution is -2.47. The Morgan fingerprint density at radius 3 is 2.40 bits per heavy atom. The van der Waals surface area contributed by atoms with E-state index in [2.05, 4.69) is 39.4 Å². The number of aromatic carboxylic acids is 1. The summed E-state index contributed by atoms with van der Waals surface area (Å²) >= 11 is 0. The van der Waals surface area contributed by atoms with Crippen LogP contribution >= 0.6 is 0 Å². The van der Waals surface area contributed by atoms with Crippen molar-refractivity contribution in [3.8, 4) is 5.75 Å². The second-order valence-corrected chi connectivity index (χ2v) is 6.10. The molecule has 1 fully saturated rings. The zero-order valence-corrected chi connectivity index (χ0v) is 14.1. The first kappa shape index (κ1) is 17.1. The van der Waals surface area contributed by atoms with Gasteiger partial charge in [0.2, 0.25) is 0 Å². The Morgan fingerprint density at radius 1 is 1.00 bits per heavy atom. The van der Waals surface area contributed by atoms with Crippen LogP contribution in [0.15, 0.2) is 48.5 Å². The number of nitrogens with zero attached hydrogens (tertiary/aromatic N) is 2. The molecule has 132 valence electrons. The average molecular weight is 341 g/mol. The van der Waals surface area contributed by atoms with Gasteiger partial charge in [-0.1, -0.05) is 24.3 Å². The number of anilines is 2. The molecule has 0 radical (unpaired) electrons. The fourth-order valence-electron chi connectivity index (χ4n) is 3.13. The second-order valence-electron chi connectivity index (χ2n) is 6.10. The molecule has 6 heteroatoms. The van der Waals surface area contributed by atoms with Crippen molar-refractivity contribution in [3.63, 3.8) is 0 Å². The minimum Gasteiger partial charge on any atom is -0.507 e. The van der Waals surface area contributed by atoms with E-state index >= 15 is 0 Å². The molecule has 2 aromatic carbocycles. The van der Waals surface area contributed by atoms with Crippen LogP contribution in [0.4, 0.5) is 11.4 Å². The summed E-state index contributed by atoms with van der Waals surface area (Å²) in [5.74, 6) is -1.34. The third-order valence-corrected chi connectivity index (χ3v) is 4.49. The van der Waals surface area contributed by atoms with Gasteiger partial charge in [0.05, 0.1) is 5.69 Å². The van der Waals surface area contributed by atoms with Crippen LogP contribution in [0.1, 0.15) is 10.4 Å². The summed E-state index contributed by atoms with van der Waals surface area (Å²) in [7, 11) is 0. The Kier molecular flexibility index (Phi) is 5.40. The van der Waals surface area contributed by atoms with Crippen LogP contribution in [0.3, 0.4) is 0 Å². The highest BCUT2D eigenvalue weighted by Crippen LogP contribution is 2.25. The van der Waals surface area contributed by atoms with Crippen LogP contribution in [-0.4, -0.2) is 60.4 Å². The maximum absolute atomic E-state index is 11.3. The van der Waals surface area contributed by atoms with Crippen LogP contribution in [-0.2, 0) is 0 Å². The molecule has 0 aromatic heterocycles. The van der Waals surface area contributed by atoms with Crippen LogP contribution < -0.4 is 10.2 Å². The fourth-order valence-corrected chi connectivity index (χ4v) is 3.13. The Hall–Kier alpha value is -2.73. The lowest BCUT2D eigenvalue weighted by atomic mass is 10.1. The third kappa shape index (κ3) is 4.22. The molecule has 0 bridgehead atoms. The molecule has 0 saturated carbocycles. The van der Waals surface area contributed by atoms with Crippen molar-refractivity contribution >= 4 is 17.3 Å². The second kappa shape index (κ2) is 7.90. The van der Waals surface area contributed by atoms with Gasteiger partial charge in [-0.05, 0) is 24.3 Å². The van der Waals surface area contributed by atoms with Crippen LogP contribution in [0, 0.1) is 0 Å². The van der Waals surface area contributed by atoms with Crippen molar-refractivity contribution in [2.24, 2.45) is 0 Å². The monoisotopic (exact) mass is 341 g/mol. The summed E-state index contributed by atoms with van der Waals surface area (Å²) in [6.45, 7) is 5.38. The van der Waals surface area contributed by atoms with Gasteiger partial charge in [-0.2, -0.15) is 0 Å². The van der Waals surface area contributed by atoms with Gasteiger partial charge in [-0.15, -0.1) is 0 Å². The van der Waals surface area contributed by atoms with Crippen LogP contribution in [0.5, 0.6) is 5.75 Å². The topological polar surface area (TPSA) is 76.0 Å². The van der Waals surface area contributed by atoms with Gasteiger partial charge in [-0.25, -0.2) is 4.79 Å². The third-order valence-electron chi connectivity index (χ3n) is 4.49. The number of benzene rings is 2. The van der Waals surface area contributed by atoms with Gasteiger partial charge in [0, 0.05) is 45.0 Å². The van der Waals surface area contributed by atoms with E-state index in [1.54, 1.807) is 12.1 Å². The fraction of sp³-hybridized carbons (Fsp3) is 0.316. The van der Waals surface area contributed by atoms with Gasteiger partial charge < -0.3 is 20.4 Å². The number of hydrogen-bond donors (Lipinski definition) is 3. The van der Waals surface area contributed by atoms with E-state index < -0.39 is 5.97 Å². The standard InChI is InChI=1S/C19H23N3O3/c23-17-8-4-7-16(18(17)19(24)25)20-9-10-21-11-13-22(14-12-21)15-5-2-1-3-6-15/h1-8,20,23H,9-14H2,(H,24,25). The molecule has 6 nitrogen and oxygen atoms in total. The number of rotatable bonds is 6. The number of phenols is 1. The van der Waals surface area contributed by atoms with Crippen molar-refractivity contribution in [2.45, 2.75) is 0 Å². The molecule has 1 saturated heterocycles. The summed E-state index contributed by atoms with van der Waals surface area (Å²) in [5, 5.41) is 22.1. The van der Waals surface area contributed by atoms with Gasteiger partial charge in [0.1, 0.15) is 11.3 Å². The van der Waals surface area contributed by atoms with Gasteiger partial charge >= 0.3 is 5.97 Å². The SMILES string of the molecule is O=C(O)c1c(O)cccc1NCCN1CCN(c2ccccc2)CC1. The molecule has 25 heavy (non-hydrogen) atoms. The Bertz CT molecular complexity index is 713. The van der Waals surface area contributed by atoms with Crippen molar-refractivity contribution in [2.75, 3.05) is 49.5 Å². The van der Waals surface area contributed by atoms with Crippen LogP contribution in [0.25, 0.3) is 0 Å². The lowest BCUT2D eigenvalue weighted by Gasteiger charge is -2.36. The number of aromatic hydroxyl groups is 1. The van der Waals surface area contributed by atoms with Crippen molar-refractivity contribution in [3.05, 3.63) is 54.1 Å². The predicted molar refractivity (Wildman–Crippen MR) is 98.7 cm³/mol. The average Bonchev–Trinajstić information content (AvgIpc) is 2.63. The van der Waals surface area contributed by atoms with Gasteiger partial charge in [0.25, 0.3) is 0 Å². The van der Waals surface area contributed by atoms with E-state index in [-0.39, 0.29) is 11.3 Å². The van der Waals surface area contributed by atoms with E-state index in [0.29, 0.717) is 12.2 Å². The number of para-hydroxylation sites is 1. The molecule has 1 aliphatic heterocycles. The molecule has 0 amide bonds. The molecule has 0 atom stereocenters. The number of carboxylic acids is 1. The number of hydrogen-bond acceptors (Lipinski definition) is 5. The molecule has 1 aliphatic rings. The summed E-state index contributed by atoms with van der Waals surface area (Å²) in [6, 6.07) is 15.1. The van der Waals surface area contributed by atoms with E-state index in [9.17, 15) is 15.0 Å². The molecular weight excluding hydrogens is 318 g/mol. The van der Waals surface area contributed by atoms with Gasteiger partial charge in [0.15, 0.2) is 0 Å². The first-order chi connectivity index (χ1) is 12.1. The smallest absolute Gasteiger partial charge is 0.341 e. The normalized spacial score (nSPS) is 15.1. The number of carboxylic acid groups (broad SMARTS) is 1. The number of carbonyl (C=O) groups is 1. The molecular formula is C19H23N3O3. The van der Waals surface area contributed by atoms with E-state index in [1.807, 2.05) is 6.07 Å². The van der Waals surface area contributed by atoms with Crippen molar-refractivity contribution in [1.82, 2.24) is 4.90 Å². The predicted octanol–water partition coefficient (Wildman–Crippen LogP) is 2.32. The van der Waals surface area contributed by atoms with Gasteiger partial charge in [-0.3, -0.25) is 4.90 Å².